The number of rotatable bonds is 8. The Balaban J connectivity index is 2.57. The lowest BCUT2D eigenvalue weighted by molar-refractivity contribution is -0.142. The summed E-state index contributed by atoms with van der Waals surface area (Å²) in [5.74, 6) is -0.506. The summed E-state index contributed by atoms with van der Waals surface area (Å²) in [5, 5.41) is 5.16. The second-order valence-electron chi connectivity index (χ2n) is 4.52. The van der Waals surface area contributed by atoms with E-state index in [0.29, 0.717) is 6.42 Å². The molecule has 7 heteroatoms. The van der Waals surface area contributed by atoms with Crippen LogP contribution in [-0.2, 0) is 25.4 Å². The van der Waals surface area contributed by atoms with E-state index in [1.807, 2.05) is 30.3 Å². The predicted molar refractivity (Wildman–Crippen MR) is 80.3 cm³/mol. The highest BCUT2D eigenvalue weighted by Crippen LogP contribution is 2.04. The Labute approximate surface area is 129 Å². The third-order valence-electron chi connectivity index (χ3n) is 3.03. The van der Waals surface area contributed by atoms with Crippen LogP contribution in [0.25, 0.3) is 0 Å². The van der Waals surface area contributed by atoms with Crippen LogP contribution in [0, 0.1) is 0 Å². The zero-order valence-corrected chi connectivity index (χ0v) is 13.0. The standard InChI is InChI=1S/C15H22N2O5/c1-20-13(21-2)10-16-15(19)17-12(14(18)22-3)9-11-7-5-4-6-8-11/h4-8,12-13H,9-10H2,1-3H3,(H2,16,17,19). The highest BCUT2D eigenvalue weighted by Gasteiger charge is 2.22. The fraction of sp³-hybridized carbons (Fsp3) is 0.467. The third kappa shape index (κ3) is 6.11. The van der Waals surface area contributed by atoms with Crippen molar-refractivity contribution in [2.24, 2.45) is 0 Å². The van der Waals surface area contributed by atoms with E-state index in [1.165, 1.54) is 21.3 Å². The van der Waals surface area contributed by atoms with E-state index in [4.69, 9.17) is 14.2 Å². The van der Waals surface area contributed by atoms with E-state index in [0.717, 1.165) is 5.56 Å². The van der Waals surface area contributed by atoms with Crippen molar-refractivity contribution in [1.82, 2.24) is 10.6 Å². The van der Waals surface area contributed by atoms with Gasteiger partial charge in [-0.1, -0.05) is 30.3 Å². The Hall–Kier alpha value is -2.12. The fourth-order valence-electron chi connectivity index (χ4n) is 1.83. The van der Waals surface area contributed by atoms with Gasteiger partial charge in [0.2, 0.25) is 0 Å². The molecule has 0 aliphatic rings. The van der Waals surface area contributed by atoms with E-state index in [1.54, 1.807) is 0 Å². The van der Waals surface area contributed by atoms with Crippen LogP contribution in [0.4, 0.5) is 4.79 Å². The average Bonchev–Trinajstić information content (AvgIpc) is 2.55. The summed E-state index contributed by atoms with van der Waals surface area (Å²) < 4.78 is 14.6. The van der Waals surface area contributed by atoms with Crippen molar-refractivity contribution < 1.29 is 23.8 Å². The maximum atomic E-state index is 11.9. The molecule has 0 saturated heterocycles. The minimum absolute atomic E-state index is 0.165. The summed E-state index contributed by atoms with van der Waals surface area (Å²) in [5.41, 5.74) is 0.921. The molecular formula is C15H22N2O5. The Morgan fingerprint density at radius 3 is 2.27 bits per heavy atom. The largest absolute Gasteiger partial charge is 0.467 e. The number of benzene rings is 1. The summed E-state index contributed by atoms with van der Waals surface area (Å²) in [6.45, 7) is 0.165. The van der Waals surface area contributed by atoms with Gasteiger partial charge in [-0.15, -0.1) is 0 Å². The highest BCUT2D eigenvalue weighted by molar-refractivity contribution is 5.83. The fourth-order valence-corrected chi connectivity index (χ4v) is 1.83. The van der Waals surface area contributed by atoms with E-state index in [2.05, 4.69) is 10.6 Å². The monoisotopic (exact) mass is 310 g/mol. The van der Waals surface area contributed by atoms with Crippen molar-refractivity contribution in [2.45, 2.75) is 18.8 Å². The first-order chi connectivity index (χ1) is 10.6. The van der Waals surface area contributed by atoms with Gasteiger partial charge in [0.25, 0.3) is 0 Å². The predicted octanol–water partition coefficient (Wildman–Crippen LogP) is 0.689. The lowest BCUT2D eigenvalue weighted by atomic mass is 10.1. The van der Waals surface area contributed by atoms with Crippen molar-refractivity contribution >= 4 is 12.0 Å². The minimum Gasteiger partial charge on any atom is -0.467 e. The Bertz CT molecular complexity index is 462. The average molecular weight is 310 g/mol. The molecule has 2 N–H and O–H groups in total. The lowest BCUT2D eigenvalue weighted by Crippen LogP contribution is -2.49. The molecule has 0 spiro atoms. The first-order valence-corrected chi connectivity index (χ1v) is 6.82. The van der Waals surface area contributed by atoms with Gasteiger partial charge < -0.3 is 24.8 Å². The number of hydrogen-bond acceptors (Lipinski definition) is 5. The molecule has 0 fully saturated rings. The summed E-state index contributed by atoms with van der Waals surface area (Å²) >= 11 is 0. The number of amides is 2. The molecule has 0 aromatic heterocycles. The van der Waals surface area contributed by atoms with Gasteiger partial charge in [-0.05, 0) is 5.56 Å². The SMILES string of the molecule is COC(=O)C(Cc1ccccc1)NC(=O)NCC(OC)OC. The van der Waals surface area contributed by atoms with Crippen LogP contribution in [0.15, 0.2) is 30.3 Å². The molecule has 0 bridgehead atoms. The van der Waals surface area contributed by atoms with Crippen LogP contribution in [0.3, 0.4) is 0 Å². The maximum Gasteiger partial charge on any atom is 0.328 e. The van der Waals surface area contributed by atoms with E-state index >= 15 is 0 Å². The van der Waals surface area contributed by atoms with Gasteiger partial charge in [0.1, 0.15) is 6.04 Å². The minimum atomic E-state index is -0.768. The number of carbonyl (C=O) groups excluding carboxylic acids is 2. The number of carbonyl (C=O) groups is 2. The topological polar surface area (TPSA) is 85.9 Å². The Morgan fingerprint density at radius 2 is 1.73 bits per heavy atom. The Morgan fingerprint density at radius 1 is 1.09 bits per heavy atom. The molecule has 1 unspecified atom stereocenters. The summed E-state index contributed by atoms with van der Waals surface area (Å²) in [4.78, 5) is 23.6. The van der Waals surface area contributed by atoms with Crippen molar-refractivity contribution in [3.63, 3.8) is 0 Å². The summed E-state index contributed by atoms with van der Waals surface area (Å²) in [6.07, 6.45) is -0.199. The van der Waals surface area contributed by atoms with E-state index in [9.17, 15) is 9.59 Å². The van der Waals surface area contributed by atoms with Gasteiger partial charge in [-0.2, -0.15) is 0 Å². The normalized spacial score (nSPS) is 11.8. The first-order valence-electron chi connectivity index (χ1n) is 6.82. The van der Waals surface area contributed by atoms with Crippen molar-refractivity contribution in [1.29, 1.82) is 0 Å². The summed E-state index contributed by atoms with van der Waals surface area (Å²) in [6, 6.07) is 8.10. The number of urea groups is 1. The van der Waals surface area contributed by atoms with Crippen molar-refractivity contribution in [2.75, 3.05) is 27.9 Å². The molecule has 1 aromatic carbocycles. The van der Waals surface area contributed by atoms with Gasteiger partial charge in [0.15, 0.2) is 6.29 Å². The van der Waals surface area contributed by atoms with Crippen LogP contribution in [0.2, 0.25) is 0 Å². The zero-order chi connectivity index (χ0) is 16.4. The second-order valence-corrected chi connectivity index (χ2v) is 4.52. The van der Waals surface area contributed by atoms with Gasteiger partial charge >= 0.3 is 12.0 Å². The van der Waals surface area contributed by atoms with Crippen LogP contribution in [0.1, 0.15) is 5.56 Å². The molecule has 1 rings (SSSR count). The molecule has 0 aliphatic heterocycles. The van der Waals surface area contributed by atoms with Gasteiger partial charge in [-0.3, -0.25) is 0 Å². The molecule has 0 aliphatic carbocycles. The molecule has 2 amide bonds. The second kappa shape index (κ2) is 9.75. The maximum absolute atomic E-state index is 11.9. The van der Waals surface area contributed by atoms with Gasteiger partial charge in [0, 0.05) is 20.6 Å². The molecule has 1 aromatic rings. The van der Waals surface area contributed by atoms with Crippen LogP contribution < -0.4 is 10.6 Å². The van der Waals surface area contributed by atoms with Gasteiger partial charge in [0.05, 0.1) is 13.7 Å². The van der Waals surface area contributed by atoms with Crippen LogP contribution in [-0.4, -0.2) is 52.2 Å². The molecule has 0 heterocycles. The molecule has 0 radical (unpaired) electrons. The molecule has 1 atom stereocenters. The van der Waals surface area contributed by atoms with E-state index in [-0.39, 0.29) is 6.54 Å². The molecule has 122 valence electrons. The zero-order valence-electron chi connectivity index (χ0n) is 13.0. The van der Waals surface area contributed by atoms with Gasteiger partial charge in [-0.25, -0.2) is 9.59 Å². The van der Waals surface area contributed by atoms with Crippen molar-refractivity contribution in [3.05, 3.63) is 35.9 Å². The molecular weight excluding hydrogens is 288 g/mol. The molecule has 0 saturated carbocycles. The smallest absolute Gasteiger partial charge is 0.328 e. The first kappa shape index (κ1) is 17.9. The number of hydrogen-bond donors (Lipinski definition) is 2. The lowest BCUT2D eigenvalue weighted by Gasteiger charge is -2.19. The van der Waals surface area contributed by atoms with Crippen LogP contribution in [0.5, 0.6) is 0 Å². The number of methoxy groups -OCH3 is 3. The van der Waals surface area contributed by atoms with E-state index < -0.39 is 24.3 Å². The summed E-state index contributed by atoms with van der Waals surface area (Å²) in [7, 11) is 4.23. The van der Waals surface area contributed by atoms with Crippen molar-refractivity contribution in [3.8, 4) is 0 Å². The van der Waals surface area contributed by atoms with Crippen LogP contribution >= 0.6 is 0 Å². The molecule has 22 heavy (non-hydrogen) atoms. The highest BCUT2D eigenvalue weighted by atomic mass is 16.7. The third-order valence-corrected chi connectivity index (χ3v) is 3.03. The number of ether oxygens (including phenoxy) is 3. The Kier molecular flexibility index (Phi) is 7.95. The number of nitrogens with one attached hydrogen (secondary N) is 2. The number of esters is 1. The molecule has 7 nitrogen and oxygen atoms in total. The quantitative estimate of drug-likeness (QED) is 0.545.